The van der Waals surface area contributed by atoms with Crippen LogP contribution in [-0.4, -0.2) is 41.0 Å². The van der Waals surface area contributed by atoms with Crippen molar-refractivity contribution in [2.24, 2.45) is 45.6 Å². The van der Waals surface area contributed by atoms with Crippen molar-refractivity contribution in [3.8, 4) is 0 Å². The average molecular weight is 401 g/mol. The van der Waals surface area contributed by atoms with E-state index in [-0.39, 0.29) is 29.3 Å². The second kappa shape index (κ2) is 7.35. The van der Waals surface area contributed by atoms with Gasteiger partial charge in [-0.2, -0.15) is 0 Å². The molecule has 0 aromatic rings. The van der Waals surface area contributed by atoms with Crippen molar-refractivity contribution < 1.29 is 15.1 Å². The lowest BCUT2D eigenvalue weighted by Crippen LogP contribution is -2.57. The number of aliphatic hydroxyl groups excluding tert-OH is 2. The highest BCUT2D eigenvalue weighted by atomic mass is 16.6. The lowest BCUT2D eigenvalue weighted by molar-refractivity contribution is -0.115. The first-order valence-electron chi connectivity index (χ1n) is 11.2. The Kier molecular flexibility index (Phi) is 5.27. The van der Waals surface area contributed by atoms with Crippen molar-refractivity contribution in [2.75, 3.05) is 13.2 Å². The molecule has 0 bridgehead atoms. The van der Waals surface area contributed by atoms with Crippen LogP contribution in [0.2, 0.25) is 0 Å². The van der Waals surface area contributed by atoms with Crippen LogP contribution < -0.4 is 0 Å². The molecular weight excluding hydrogens is 364 g/mol. The predicted molar refractivity (Wildman–Crippen MR) is 115 cm³/mol. The van der Waals surface area contributed by atoms with E-state index in [9.17, 15) is 10.2 Å². The second-order valence-electron chi connectivity index (χ2n) is 10.2. The Morgan fingerprint density at radius 3 is 2.79 bits per heavy atom. The fourth-order valence-electron chi connectivity index (χ4n) is 7.64. The van der Waals surface area contributed by atoms with Crippen molar-refractivity contribution in [3.63, 3.8) is 0 Å². The number of aliphatic hydroxyl groups is 2. The number of nitrogens with one attached hydrogen (secondary N) is 1. The SMILES string of the molecule is CCO/N=C1\C=C[C@@]2(C)C(=C1)[C@@H](C)C[C@H]1C3CC[C@H](C(=N)CO)[C@@]3(C)C[C@H](O)[C@@H]12. The molecule has 5 heteroatoms. The number of hydrogen-bond donors (Lipinski definition) is 3. The van der Waals surface area contributed by atoms with E-state index in [2.05, 4.69) is 38.1 Å². The summed E-state index contributed by atoms with van der Waals surface area (Å²) in [7, 11) is 0. The normalized spacial score (nSPS) is 47.2. The zero-order chi connectivity index (χ0) is 21.0. The molecule has 0 aliphatic heterocycles. The van der Waals surface area contributed by atoms with Crippen LogP contribution in [0.4, 0.5) is 0 Å². The second-order valence-corrected chi connectivity index (χ2v) is 10.2. The Bertz CT molecular complexity index is 772. The molecule has 160 valence electrons. The molecule has 5 nitrogen and oxygen atoms in total. The van der Waals surface area contributed by atoms with Crippen LogP contribution in [0.1, 0.15) is 53.4 Å². The standard InChI is InChI=1S/C24H36N2O3/c1-5-29-26-15-8-9-23(3)19(11-15)14(2)10-16-17-6-7-18(20(25)13-27)24(17,4)12-21(28)22(16)23/h8-9,11,14,16-18,21-22,25,27-28H,5-7,10,12-13H2,1-4H3/b25-20?,26-15+/t14-,16-,17?,18+,21-,22+,23-,24-/m0/s1. The lowest BCUT2D eigenvalue weighted by Gasteiger charge is -2.60. The molecule has 0 aromatic carbocycles. The first-order valence-corrected chi connectivity index (χ1v) is 11.2. The summed E-state index contributed by atoms with van der Waals surface area (Å²) >= 11 is 0. The molecule has 0 heterocycles. The molecule has 0 aromatic heterocycles. The Hall–Kier alpha value is -1.46. The summed E-state index contributed by atoms with van der Waals surface area (Å²) in [6.45, 7) is 9.18. The van der Waals surface area contributed by atoms with Crippen LogP contribution in [0.5, 0.6) is 0 Å². The van der Waals surface area contributed by atoms with E-state index in [4.69, 9.17) is 10.2 Å². The van der Waals surface area contributed by atoms with Gasteiger partial charge < -0.3 is 20.5 Å². The Morgan fingerprint density at radius 2 is 2.10 bits per heavy atom. The van der Waals surface area contributed by atoms with Crippen molar-refractivity contribution in [1.29, 1.82) is 5.41 Å². The van der Waals surface area contributed by atoms with E-state index in [0.29, 0.717) is 30.1 Å². The van der Waals surface area contributed by atoms with Crippen LogP contribution in [0.25, 0.3) is 0 Å². The van der Waals surface area contributed by atoms with Crippen LogP contribution in [0.15, 0.2) is 29.0 Å². The molecule has 1 unspecified atom stereocenters. The molecular formula is C24H36N2O3. The molecule has 3 fully saturated rings. The quantitative estimate of drug-likeness (QED) is 0.493. The number of hydrogen-bond acceptors (Lipinski definition) is 5. The topological polar surface area (TPSA) is 85.9 Å². The monoisotopic (exact) mass is 400 g/mol. The predicted octanol–water partition coefficient (Wildman–Crippen LogP) is 3.96. The molecule has 4 aliphatic rings. The summed E-state index contributed by atoms with van der Waals surface area (Å²) in [4.78, 5) is 5.27. The molecule has 0 amide bonds. The summed E-state index contributed by atoms with van der Waals surface area (Å²) in [5.74, 6) is 1.65. The van der Waals surface area contributed by atoms with E-state index in [1.165, 1.54) is 5.57 Å². The first kappa shape index (κ1) is 20.8. The molecule has 4 aliphatic carbocycles. The molecule has 3 N–H and O–H groups in total. The van der Waals surface area contributed by atoms with Crippen molar-refractivity contribution in [1.82, 2.24) is 0 Å². The van der Waals surface area contributed by atoms with Gasteiger partial charge in [0.05, 0.1) is 12.7 Å². The molecule has 0 radical (unpaired) electrons. The maximum Gasteiger partial charge on any atom is 0.114 e. The Labute approximate surface area is 174 Å². The molecule has 0 spiro atoms. The smallest absolute Gasteiger partial charge is 0.114 e. The minimum Gasteiger partial charge on any atom is -0.396 e. The fraction of sp³-hybridized carbons (Fsp3) is 0.750. The maximum absolute atomic E-state index is 11.4. The van der Waals surface area contributed by atoms with Gasteiger partial charge in [-0.3, -0.25) is 0 Å². The van der Waals surface area contributed by atoms with Crippen LogP contribution in [0, 0.1) is 45.8 Å². The number of allylic oxidation sites excluding steroid dienone is 4. The minimum atomic E-state index is -0.399. The highest BCUT2D eigenvalue weighted by Crippen LogP contribution is 2.66. The summed E-state index contributed by atoms with van der Waals surface area (Å²) in [6.07, 6.45) is 9.93. The van der Waals surface area contributed by atoms with Gasteiger partial charge in [0.1, 0.15) is 12.3 Å². The third kappa shape index (κ3) is 3.04. The Balaban J connectivity index is 1.70. The van der Waals surface area contributed by atoms with Gasteiger partial charge in [-0.25, -0.2) is 0 Å². The first-order chi connectivity index (χ1) is 13.8. The summed E-state index contributed by atoms with van der Waals surface area (Å²) in [6, 6.07) is 0. The van der Waals surface area contributed by atoms with Crippen molar-refractivity contribution in [3.05, 3.63) is 23.8 Å². The highest BCUT2D eigenvalue weighted by molar-refractivity contribution is 6.05. The highest BCUT2D eigenvalue weighted by Gasteiger charge is 2.62. The molecule has 8 atom stereocenters. The van der Waals surface area contributed by atoms with Crippen LogP contribution in [0.3, 0.4) is 0 Å². The van der Waals surface area contributed by atoms with Gasteiger partial charge in [-0.1, -0.05) is 37.6 Å². The summed E-state index contributed by atoms with van der Waals surface area (Å²) in [5.41, 5.74) is 2.41. The number of fused-ring (bicyclic) bond motifs is 5. The van der Waals surface area contributed by atoms with Gasteiger partial charge >= 0.3 is 0 Å². The van der Waals surface area contributed by atoms with Crippen LogP contribution in [-0.2, 0) is 4.84 Å². The van der Waals surface area contributed by atoms with E-state index in [0.717, 1.165) is 31.4 Å². The Morgan fingerprint density at radius 1 is 1.34 bits per heavy atom. The molecule has 3 saturated carbocycles. The molecule has 29 heavy (non-hydrogen) atoms. The number of nitrogens with zero attached hydrogens (tertiary/aromatic N) is 1. The van der Waals surface area contributed by atoms with Gasteiger partial charge in [-0.05, 0) is 67.9 Å². The third-order valence-corrected chi connectivity index (χ3v) is 8.72. The zero-order valence-corrected chi connectivity index (χ0v) is 18.2. The van der Waals surface area contributed by atoms with Crippen molar-refractivity contribution in [2.45, 2.75) is 59.5 Å². The van der Waals surface area contributed by atoms with Gasteiger partial charge in [0.25, 0.3) is 0 Å². The summed E-state index contributed by atoms with van der Waals surface area (Å²) < 4.78 is 0. The van der Waals surface area contributed by atoms with E-state index in [1.54, 1.807) is 0 Å². The maximum atomic E-state index is 11.4. The van der Waals surface area contributed by atoms with Gasteiger partial charge in [0.2, 0.25) is 0 Å². The largest absolute Gasteiger partial charge is 0.396 e. The average Bonchev–Trinajstić information content (AvgIpc) is 3.02. The van der Waals surface area contributed by atoms with Gasteiger partial charge in [0.15, 0.2) is 0 Å². The van der Waals surface area contributed by atoms with E-state index >= 15 is 0 Å². The third-order valence-electron chi connectivity index (χ3n) is 8.72. The molecule has 4 rings (SSSR count). The lowest BCUT2D eigenvalue weighted by atomic mass is 9.45. The molecule has 0 saturated heterocycles. The number of rotatable bonds is 4. The fourth-order valence-corrected chi connectivity index (χ4v) is 7.64. The van der Waals surface area contributed by atoms with E-state index in [1.807, 2.05) is 13.0 Å². The van der Waals surface area contributed by atoms with Crippen molar-refractivity contribution >= 4 is 11.4 Å². The minimum absolute atomic E-state index is 0.0857. The van der Waals surface area contributed by atoms with Crippen LogP contribution >= 0.6 is 0 Å². The zero-order valence-electron chi connectivity index (χ0n) is 18.2. The summed E-state index contributed by atoms with van der Waals surface area (Å²) in [5, 5.41) is 33.6. The number of oxime groups is 1. The van der Waals surface area contributed by atoms with Gasteiger partial charge in [0, 0.05) is 23.0 Å². The van der Waals surface area contributed by atoms with E-state index < -0.39 is 6.10 Å². The van der Waals surface area contributed by atoms with Gasteiger partial charge in [-0.15, -0.1) is 0 Å².